The fourth-order valence-electron chi connectivity index (χ4n) is 6.06. The van der Waals surface area contributed by atoms with Crippen LogP contribution in [0.4, 0.5) is 5.82 Å². The third-order valence-corrected chi connectivity index (χ3v) is 8.15. The number of anilines is 1. The fourth-order valence-corrected chi connectivity index (χ4v) is 6.06. The molecule has 4 aliphatic rings. The van der Waals surface area contributed by atoms with Gasteiger partial charge in [-0.3, -0.25) is 9.58 Å². The van der Waals surface area contributed by atoms with Crippen LogP contribution in [0.1, 0.15) is 57.8 Å². The van der Waals surface area contributed by atoms with Crippen molar-refractivity contribution in [1.29, 1.82) is 0 Å². The molecule has 6 rings (SSSR count). The van der Waals surface area contributed by atoms with Gasteiger partial charge >= 0.3 is 0 Å². The summed E-state index contributed by atoms with van der Waals surface area (Å²) in [6, 6.07) is 5.65. The molecule has 2 aromatic rings. The standard InChI is InChI=1S/C24H33N5O/c1-14(2)29-20(21-18-9-28(13-24(18,21)5)16-10-30-11-16)7-19(27-29)15-6-17-22(25-8-15)26-12-23(17,3)4/h6-8,14,16,18,21H,9-13H2,1-5H3,(H,25,26)/t18-,21+,24?/m0/s1. The van der Waals surface area contributed by atoms with Crippen molar-refractivity contribution in [1.82, 2.24) is 19.7 Å². The molecule has 6 heteroatoms. The van der Waals surface area contributed by atoms with E-state index >= 15 is 0 Å². The van der Waals surface area contributed by atoms with E-state index in [0.29, 0.717) is 23.4 Å². The first-order valence-corrected chi connectivity index (χ1v) is 11.4. The van der Waals surface area contributed by atoms with Crippen LogP contribution >= 0.6 is 0 Å². The van der Waals surface area contributed by atoms with Gasteiger partial charge in [-0.05, 0) is 37.3 Å². The summed E-state index contributed by atoms with van der Waals surface area (Å²) in [7, 11) is 0. The minimum absolute atomic E-state index is 0.109. The molecule has 0 aromatic carbocycles. The zero-order chi connectivity index (χ0) is 20.8. The maximum atomic E-state index is 5.42. The van der Waals surface area contributed by atoms with Crippen molar-refractivity contribution < 1.29 is 4.74 Å². The molecule has 1 N–H and O–H groups in total. The monoisotopic (exact) mass is 407 g/mol. The first-order valence-electron chi connectivity index (χ1n) is 11.4. The van der Waals surface area contributed by atoms with Crippen molar-refractivity contribution in [2.45, 2.75) is 58.0 Å². The van der Waals surface area contributed by atoms with E-state index in [9.17, 15) is 0 Å². The third kappa shape index (κ3) is 2.56. The van der Waals surface area contributed by atoms with Gasteiger partial charge < -0.3 is 10.1 Å². The second-order valence-corrected chi connectivity index (χ2v) is 11.1. The number of fused-ring (bicyclic) bond motifs is 2. The lowest BCUT2D eigenvalue weighted by Gasteiger charge is -2.36. The van der Waals surface area contributed by atoms with Gasteiger partial charge in [0.15, 0.2) is 0 Å². The van der Waals surface area contributed by atoms with Gasteiger partial charge in [-0.25, -0.2) is 4.98 Å². The average Bonchev–Trinajstić information content (AvgIpc) is 3.05. The lowest BCUT2D eigenvalue weighted by atomic mass is 9.87. The molecule has 0 bridgehead atoms. The Morgan fingerprint density at radius 2 is 2.00 bits per heavy atom. The van der Waals surface area contributed by atoms with E-state index in [0.717, 1.165) is 42.8 Å². The van der Waals surface area contributed by atoms with Crippen molar-refractivity contribution in [3.8, 4) is 11.3 Å². The molecule has 3 fully saturated rings. The zero-order valence-corrected chi connectivity index (χ0v) is 18.8. The normalized spacial score (nSPS) is 32.1. The molecule has 2 aromatic heterocycles. The Morgan fingerprint density at radius 3 is 2.63 bits per heavy atom. The van der Waals surface area contributed by atoms with Gasteiger partial charge in [0.25, 0.3) is 0 Å². The lowest BCUT2D eigenvalue weighted by molar-refractivity contribution is -0.0627. The third-order valence-electron chi connectivity index (χ3n) is 8.15. The molecular weight excluding hydrogens is 374 g/mol. The molecule has 1 saturated carbocycles. The van der Waals surface area contributed by atoms with Crippen LogP contribution in [0.5, 0.6) is 0 Å². The van der Waals surface area contributed by atoms with Crippen LogP contribution < -0.4 is 5.32 Å². The molecule has 0 radical (unpaired) electrons. The van der Waals surface area contributed by atoms with E-state index in [1.54, 1.807) is 0 Å². The molecule has 3 aliphatic heterocycles. The largest absolute Gasteiger partial charge is 0.378 e. The van der Waals surface area contributed by atoms with E-state index in [2.05, 4.69) is 61.6 Å². The summed E-state index contributed by atoms with van der Waals surface area (Å²) in [5.74, 6) is 2.37. The van der Waals surface area contributed by atoms with Gasteiger partial charge in [-0.1, -0.05) is 20.8 Å². The number of piperidine rings is 1. The topological polar surface area (TPSA) is 55.2 Å². The number of ether oxygens (including phenoxy) is 1. The highest BCUT2D eigenvalue weighted by molar-refractivity contribution is 5.66. The quantitative estimate of drug-likeness (QED) is 0.838. The summed E-state index contributed by atoms with van der Waals surface area (Å²) >= 11 is 0. The Bertz CT molecular complexity index is 1010. The summed E-state index contributed by atoms with van der Waals surface area (Å²) in [6.45, 7) is 16.7. The van der Waals surface area contributed by atoms with Gasteiger partial charge in [-0.2, -0.15) is 5.10 Å². The Hall–Kier alpha value is -1.92. The van der Waals surface area contributed by atoms with Crippen molar-refractivity contribution in [3.05, 3.63) is 29.6 Å². The van der Waals surface area contributed by atoms with Crippen LogP contribution in [-0.2, 0) is 10.2 Å². The predicted octanol–water partition coefficient (Wildman–Crippen LogP) is 3.66. The maximum absolute atomic E-state index is 5.42. The molecule has 0 spiro atoms. The highest BCUT2D eigenvalue weighted by atomic mass is 16.5. The predicted molar refractivity (Wildman–Crippen MR) is 118 cm³/mol. The van der Waals surface area contributed by atoms with Gasteiger partial charge in [0.2, 0.25) is 0 Å². The van der Waals surface area contributed by atoms with E-state index < -0.39 is 0 Å². The van der Waals surface area contributed by atoms with E-state index in [1.807, 2.05) is 6.20 Å². The molecular formula is C24H33N5O. The Labute approximate surface area is 179 Å². The van der Waals surface area contributed by atoms with Crippen molar-refractivity contribution in [2.75, 3.05) is 38.2 Å². The zero-order valence-electron chi connectivity index (χ0n) is 18.8. The second-order valence-electron chi connectivity index (χ2n) is 11.1. The number of hydrogen-bond donors (Lipinski definition) is 1. The Balaban J connectivity index is 1.32. The van der Waals surface area contributed by atoms with E-state index in [4.69, 9.17) is 14.8 Å². The van der Waals surface area contributed by atoms with Crippen LogP contribution in [0.15, 0.2) is 18.3 Å². The summed E-state index contributed by atoms with van der Waals surface area (Å²) in [6.07, 6.45) is 1.98. The Morgan fingerprint density at radius 1 is 1.20 bits per heavy atom. The van der Waals surface area contributed by atoms with Crippen LogP contribution in [0, 0.1) is 11.3 Å². The first kappa shape index (κ1) is 18.8. The van der Waals surface area contributed by atoms with E-state index in [1.165, 1.54) is 24.3 Å². The van der Waals surface area contributed by atoms with Gasteiger partial charge in [-0.15, -0.1) is 0 Å². The molecule has 0 amide bonds. The van der Waals surface area contributed by atoms with Gasteiger partial charge in [0.1, 0.15) is 5.82 Å². The Kier molecular flexibility index (Phi) is 3.81. The number of pyridine rings is 1. The fraction of sp³-hybridized carbons (Fsp3) is 0.667. The second kappa shape index (κ2) is 6.07. The van der Waals surface area contributed by atoms with Crippen molar-refractivity contribution in [2.24, 2.45) is 11.3 Å². The maximum Gasteiger partial charge on any atom is 0.129 e. The summed E-state index contributed by atoms with van der Waals surface area (Å²) in [4.78, 5) is 7.37. The summed E-state index contributed by atoms with van der Waals surface area (Å²) < 4.78 is 7.70. The number of likely N-dealkylation sites (tertiary alicyclic amines) is 1. The minimum Gasteiger partial charge on any atom is -0.378 e. The van der Waals surface area contributed by atoms with Crippen LogP contribution in [-0.4, -0.2) is 58.6 Å². The molecule has 1 unspecified atom stereocenters. The summed E-state index contributed by atoms with van der Waals surface area (Å²) in [5.41, 5.74) is 5.40. The number of aromatic nitrogens is 3. The van der Waals surface area contributed by atoms with Crippen LogP contribution in [0.25, 0.3) is 11.3 Å². The van der Waals surface area contributed by atoms with Gasteiger partial charge in [0, 0.05) is 60.0 Å². The lowest BCUT2D eigenvalue weighted by Crippen LogP contribution is -2.49. The van der Waals surface area contributed by atoms with Crippen molar-refractivity contribution in [3.63, 3.8) is 0 Å². The summed E-state index contributed by atoms with van der Waals surface area (Å²) in [5, 5.41) is 8.51. The highest BCUT2D eigenvalue weighted by Crippen LogP contribution is 2.69. The van der Waals surface area contributed by atoms with E-state index in [-0.39, 0.29) is 5.41 Å². The molecule has 2 saturated heterocycles. The van der Waals surface area contributed by atoms with Crippen LogP contribution in [0.3, 0.4) is 0 Å². The van der Waals surface area contributed by atoms with Crippen molar-refractivity contribution >= 4 is 5.82 Å². The molecule has 160 valence electrons. The first-order chi connectivity index (χ1) is 14.3. The highest BCUT2D eigenvalue weighted by Gasteiger charge is 2.68. The average molecular weight is 408 g/mol. The van der Waals surface area contributed by atoms with Gasteiger partial charge in [0.05, 0.1) is 24.9 Å². The molecule has 6 nitrogen and oxygen atoms in total. The number of hydrogen-bond acceptors (Lipinski definition) is 5. The smallest absolute Gasteiger partial charge is 0.129 e. The molecule has 3 atom stereocenters. The molecule has 1 aliphatic carbocycles. The number of rotatable bonds is 4. The molecule has 30 heavy (non-hydrogen) atoms. The minimum atomic E-state index is 0.109. The van der Waals surface area contributed by atoms with Crippen LogP contribution in [0.2, 0.25) is 0 Å². The SMILES string of the molecule is CC(C)n1nc(-c2cnc3c(c2)C(C)(C)CN3)cc1[C@H]1[C@@H]2CN(C3COC3)CC21C. The number of nitrogens with zero attached hydrogens (tertiary/aromatic N) is 4. The molecule has 5 heterocycles. The number of nitrogens with one attached hydrogen (secondary N) is 1.